The zero-order valence-corrected chi connectivity index (χ0v) is 11.5. The van der Waals surface area contributed by atoms with Gasteiger partial charge < -0.3 is 10.3 Å². The number of aromatic nitrogens is 2. The first kappa shape index (κ1) is 13.2. The summed E-state index contributed by atoms with van der Waals surface area (Å²) in [5.41, 5.74) is 9.28. The van der Waals surface area contributed by atoms with Crippen LogP contribution in [-0.2, 0) is 13.0 Å². The van der Waals surface area contributed by atoms with Gasteiger partial charge in [0.15, 0.2) is 0 Å². The maximum Gasteiger partial charge on any atom is 0.132 e. The molecule has 0 radical (unpaired) electrons. The Balaban J connectivity index is 2.52. The topological polar surface area (TPSA) is 43.8 Å². The first-order valence-electron chi connectivity index (χ1n) is 6.52. The van der Waals surface area contributed by atoms with Crippen LogP contribution in [0.15, 0.2) is 24.3 Å². The first-order valence-corrected chi connectivity index (χ1v) is 6.52. The van der Waals surface area contributed by atoms with Crippen molar-refractivity contribution in [2.75, 3.05) is 5.73 Å². The highest BCUT2D eigenvalue weighted by Crippen LogP contribution is 2.27. The molecule has 0 atom stereocenters. The third-order valence-corrected chi connectivity index (χ3v) is 3.10. The molecule has 3 heteroatoms. The lowest BCUT2D eigenvalue weighted by molar-refractivity contribution is 0.733. The number of aryl methyl sites for hydroxylation is 2. The van der Waals surface area contributed by atoms with Crippen molar-refractivity contribution in [2.24, 2.45) is 0 Å². The standard InChI is InChI=1S/C16H19N3/c1-4-7-14-18-15(16(17)19(14)10-5-2)13-9-6-8-12(3)11-13/h2,6,8-9,11H,4,7,10,17H2,1,3H3. The van der Waals surface area contributed by atoms with Crippen molar-refractivity contribution >= 4 is 5.82 Å². The highest BCUT2D eigenvalue weighted by Gasteiger charge is 2.14. The second-order valence-corrected chi connectivity index (χ2v) is 4.67. The third-order valence-electron chi connectivity index (χ3n) is 3.10. The molecule has 2 rings (SSSR count). The van der Waals surface area contributed by atoms with E-state index in [1.165, 1.54) is 5.56 Å². The van der Waals surface area contributed by atoms with Gasteiger partial charge in [-0.15, -0.1) is 6.42 Å². The summed E-state index contributed by atoms with van der Waals surface area (Å²) in [6.07, 6.45) is 7.32. The number of hydrogen-bond acceptors (Lipinski definition) is 2. The van der Waals surface area contributed by atoms with Crippen molar-refractivity contribution in [3.05, 3.63) is 35.7 Å². The van der Waals surface area contributed by atoms with E-state index in [9.17, 15) is 0 Å². The number of benzene rings is 1. The lowest BCUT2D eigenvalue weighted by Gasteiger charge is -2.05. The molecule has 1 aromatic heterocycles. The van der Waals surface area contributed by atoms with Crippen LogP contribution in [-0.4, -0.2) is 9.55 Å². The molecule has 19 heavy (non-hydrogen) atoms. The van der Waals surface area contributed by atoms with E-state index in [0.717, 1.165) is 29.9 Å². The largest absolute Gasteiger partial charge is 0.383 e. The zero-order chi connectivity index (χ0) is 13.8. The van der Waals surface area contributed by atoms with Crippen molar-refractivity contribution in [1.29, 1.82) is 0 Å². The van der Waals surface area contributed by atoms with E-state index in [-0.39, 0.29) is 0 Å². The molecule has 0 fully saturated rings. The summed E-state index contributed by atoms with van der Waals surface area (Å²) < 4.78 is 1.93. The van der Waals surface area contributed by atoms with Crippen molar-refractivity contribution in [2.45, 2.75) is 33.2 Å². The number of terminal acetylenes is 1. The Bertz CT molecular complexity index is 617. The van der Waals surface area contributed by atoms with Gasteiger partial charge in [0.1, 0.15) is 17.3 Å². The summed E-state index contributed by atoms with van der Waals surface area (Å²) in [4.78, 5) is 4.67. The predicted octanol–water partition coefficient (Wildman–Crippen LogP) is 3.03. The quantitative estimate of drug-likeness (QED) is 0.851. The van der Waals surface area contributed by atoms with Gasteiger partial charge in [0.05, 0.1) is 6.54 Å². The molecule has 0 unspecified atom stereocenters. The minimum atomic E-state index is 0.472. The van der Waals surface area contributed by atoms with Crippen LogP contribution in [0.25, 0.3) is 11.3 Å². The lowest BCUT2D eigenvalue weighted by atomic mass is 10.1. The van der Waals surface area contributed by atoms with Gasteiger partial charge in [-0.2, -0.15) is 0 Å². The lowest BCUT2D eigenvalue weighted by Crippen LogP contribution is -2.06. The Morgan fingerprint density at radius 2 is 2.21 bits per heavy atom. The van der Waals surface area contributed by atoms with Gasteiger partial charge in [-0.25, -0.2) is 4.98 Å². The number of anilines is 1. The summed E-state index contributed by atoms with van der Waals surface area (Å²) in [6.45, 7) is 4.66. The number of hydrogen-bond donors (Lipinski definition) is 1. The van der Waals surface area contributed by atoms with Crippen LogP contribution in [0.2, 0.25) is 0 Å². The molecule has 0 saturated carbocycles. The molecule has 0 aliphatic rings. The molecular weight excluding hydrogens is 234 g/mol. The van der Waals surface area contributed by atoms with E-state index in [1.54, 1.807) is 0 Å². The maximum absolute atomic E-state index is 6.21. The molecule has 1 heterocycles. The van der Waals surface area contributed by atoms with E-state index < -0.39 is 0 Å². The van der Waals surface area contributed by atoms with Gasteiger partial charge in [-0.05, 0) is 19.4 Å². The summed E-state index contributed by atoms with van der Waals surface area (Å²) in [6, 6.07) is 8.20. The highest BCUT2D eigenvalue weighted by atomic mass is 15.1. The van der Waals surface area contributed by atoms with Crippen LogP contribution in [0.4, 0.5) is 5.82 Å². The number of rotatable bonds is 4. The van der Waals surface area contributed by atoms with E-state index >= 15 is 0 Å². The number of nitrogens with two attached hydrogens (primary N) is 1. The zero-order valence-electron chi connectivity index (χ0n) is 11.5. The molecule has 2 aromatic rings. The highest BCUT2D eigenvalue weighted by molar-refractivity contribution is 5.71. The van der Waals surface area contributed by atoms with Crippen molar-refractivity contribution in [1.82, 2.24) is 9.55 Å². The summed E-state index contributed by atoms with van der Waals surface area (Å²) >= 11 is 0. The molecule has 1 aromatic carbocycles. The van der Waals surface area contributed by atoms with Crippen molar-refractivity contribution in [3.63, 3.8) is 0 Å². The molecule has 0 amide bonds. The van der Waals surface area contributed by atoms with Gasteiger partial charge >= 0.3 is 0 Å². The van der Waals surface area contributed by atoms with Gasteiger partial charge in [0, 0.05) is 12.0 Å². The van der Waals surface area contributed by atoms with E-state index in [4.69, 9.17) is 12.2 Å². The van der Waals surface area contributed by atoms with Crippen LogP contribution in [0.5, 0.6) is 0 Å². The van der Waals surface area contributed by atoms with Gasteiger partial charge in [-0.1, -0.05) is 36.6 Å². The minimum Gasteiger partial charge on any atom is -0.383 e. The average molecular weight is 253 g/mol. The monoisotopic (exact) mass is 253 g/mol. The Kier molecular flexibility index (Phi) is 3.91. The van der Waals surface area contributed by atoms with Gasteiger partial charge in [0.2, 0.25) is 0 Å². The van der Waals surface area contributed by atoms with Crippen molar-refractivity contribution in [3.8, 4) is 23.6 Å². The van der Waals surface area contributed by atoms with Gasteiger partial charge in [-0.3, -0.25) is 0 Å². The molecule has 0 aliphatic heterocycles. The van der Waals surface area contributed by atoms with Crippen LogP contribution in [0.1, 0.15) is 24.7 Å². The van der Waals surface area contributed by atoms with Crippen LogP contribution >= 0.6 is 0 Å². The fourth-order valence-electron chi connectivity index (χ4n) is 2.20. The molecule has 0 spiro atoms. The normalized spacial score (nSPS) is 10.4. The maximum atomic E-state index is 6.21. The fraction of sp³-hybridized carbons (Fsp3) is 0.312. The summed E-state index contributed by atoms with van der Waals surface area (Å²) in [5.74, 6) is 4.27. The molecule has 98 valence electrons. The smallest absolute Gasteiger partial charge is 0.132 e. The van der Waals surface area contributed by atoms with E-state index in [1.807, 2.05) is 16.7 Å². The number of nitrogen functional groups attached to an aromatic ring is 1. The molecule has 0 aliphatic carbocycles. The van der Waals surface area contributed by atoms with Crippen LogP contribution in [0, 0.1) is 19.3 Å². The Morgan fingerprint density at radius 3 is 2.84 bits per heavy atom. The molecule has 2 N–H and O–H groups in total. The molecule has 0 bridgehead atoms. The minimum absolute atomic E-state index is 0.472. The Morgan fingerprint density at radius 1 is 1.42 bits per heavy atom. The molecule has 0 saturated heterocycles. The van der Waals surface area contributed by atoms with Crippen molar-refractivity contribution < 1.29 is 0 Å². The number of imidazole rings is 1. The Hall–Kier alpha value is -2.21. The third kappa shape index (κ3) is 2.63. The first-order chi connectivity index (χ1) is 9.17. The van der Waals surface area contributed by atoms with Crippen LogP contribution < -0.4 is 5.73 Å². The van der Waals surface area contributed by atoms with Gasteiger partial charge in [0.25, 0.3) is 0 Å². The SMILES string of the molecule is C#CCn1c(CCC)nc(-c2cccc(C)c2)c1N. The van der Waals surface area contributed by atoms with E-state index in [0.29, 0.717) is 12.4 Å². The average Bonchev–Trinajstić information content (AvgIpc) is 2.69. The molecule has 3 nitrogen and oxygen atoms in total. The van der Waals surface area contributed by atoms with Crippen LogP contribution in [0.3, 0.4) is 0 Å². The van der Waals surface area contributed by atoms with E-state index in [2.05, 4.69) is 36.9 Å². The predicted molar refractivity (Wildman–Crippen MR) is 79.6 cm³/mol. The summed E-state index contributed by atoms with van der Waals surface area (Å²) in [7, 11) is 0. The second-order valence-electron chi connectivity index (χ2n) is 4.67. The Labute approximate surface area is 114 Å². The fourth-order valence-corrected chi connectivity index (χ4v) is 2.20. The molecular formula is C16H19N3. The summed E-state index contributed by atoms with van der Waals surface area (Å²) in [5, 5.41) is 0. The number of nitrogens with zero attached hydrogens (tertiary/aromatic N) is 2. The second kappa shape index (κ2) is 5.62.